The fraction of sp³-hybridized carbons (Fsp3) is 0.462. The highest BCUT2D eigenvalue weighted by molar-refractivity contribution is 9.10. The maximum absolute atomic E-state index is 11.7. The third-order valence-electron chi connectivity index (χ3n) is 3.44. The van der Waals surface area contributed by atoms with Crippen LogP contribution in [0.2, 0.25) is 5.02 Å². The van der Waals surface area contributed by atoms with Crippen LogP contribution in [-0.2, 0) is 21.2 Å². The van der Waals surface area contributed by atoms with Crippen LogP contribution < -0.4 is 0 Å². The molecule has 1 aromatic rings. The monoisotopic (exact) mass is 395 g/mol. The van der Waals surface area contributed by atoms with E-state index in [0.29, 0.717) is 18.1 Å². The van der Waals surface area contributed by atoms with Crippen LogP contribution in [-0.4, -0.2) is 48.5 Å². The second-order valence-corrected chi connectivity index (χ2v) is 8.62. The first-order valence-corrected chi connectivity index (χ1v) is 9.36. The van der Waals surface area contributed by atoms with Crippen molar-refractivity contribution >= 4 is 43.3 Å². The van der Waals surface area contributed by atoms with E-state index in [1.54, 1.807) is 6.07 Å². The summed E-state index contributed by atoms with van der Waals surface area (Å²) in [5, 5.41) is 9.55. The van der Waals surface area contributed by atoms with Crippen LogP contribution >= 0.6 is 27.5 Å². The van der Waals surface area contributed by atoms with Gasteiger partial charge in [-0.3, -0.25) is 9.69 Å². The molecule has 1 unspecified atom stereocenters. The van der Waals surface area contributed by atoms with Gasteiger partial charge in [-0.15, -0.1) is 0 Å². The molecule has 1 aliphatic heterocycles. The molecule has 1 atom stereocenters. The Hall–Kier alpha value is -0.630. The lowest BCUT2D eigenvalue weighted by atomic mass is 10.1. The van der Waals surface area contributed by atoms with E-state index >= 15 is 0 Å². The molecule has 1 saturated heterocycles. The Kier molecular flexibility index (Phi) is 5.29. The van der Waals surface area contributed by atoms with Crippen molar-refractivity contribution in [1.82, 2.24) is 4.90 Å². The average Bonchev–Trinajstić information content (AvgIpc) is 2.35. The molecule has 5 nitrogen and oxygen atoms in total. The summed E-state index contributed by atoms with van der Waals surface area (Å²) in [4.78, 5) is 12.8. The Balaban J connectivity index is 2.20. The third kappa shape index (κ3) is 4.67. The van der Waals surface area contributed by atoms with Crippen molar-refractivity contribution in [1.29, 1.82) is 0 Å². The number of nitrogens with zero attached hydrogens (tertiary/aromatic N) is 1. The van der Waals surface area contributed by atoms with Gasteiger partial charge < -0.3 is 5.11 Å². The van der Waals surface area contributed by atoms with Gasteiger partial charge in [0.25, 0.3) is 0 Å². The zero-order valence-electron chi connectivity index (χ0n) is 11.1. The minimum atomic E-state index is -3.17. The van der Waals surface area contributed by atoms with Crippen LogP contribution in [0.1, 0.15) is 12.0 Å². The molecule has 0 radical (unpaired) electrons. The Morgan fingerprint density at radius 3 is 2.86 bits per heavy atom. The van der Waals surface area contributed by atoms with E-state index in [0.717, 1.165) is 10.0 Å². The minimum Gasteiger partial charge on any atom is -0.481 e. The standard InChI is InChI=1S/C13H15BrClNO4S/c14-10-1-2-12(15)9(5-10)7-16-3-4-21(19,20)8-11(16)6-13(17)18/h1-2,5,11H,3-4,6-8H2,(H,17,18). The van der Waals surface area contributed by atoms with Crippen molar-refractivity contribution in [3.63, 3.8) is 0 Å². The average molecular weight is 397 g/mol. The van der Waals surface area contributed by atoms with Crippen molar-refractivity contribution in [2.75, 3.05) is 18.1 Å². The van der Waals surface area contributed by atoms with Gasteiger partial charge in [0.2, 0.25) is 0 Å². The molecule has 1 heterocycles. The topological polar surface area (TPSA) is 74.7 Å². The van der Waals surface area contributed by atoms with Crippen LogP contribution in [0.5, 0.6) is 0 Å². The SMILES string of the molecule is O=C(O)CC1CS(=O)(=O)CCN1Cc1cc(Br)ccc1Cl. The number of hydrogen-bond donors (Lipinski definition) is 1. The fourth-order valence-electron chi connectivity index (χ4n) is 2.40. The number of rotatable bonds is 4. The van der Waals surface area contributed by atoms with Crippen LogP contribution in [0.4, 0.5) is 0 Å². The lowest BCUT2D eigenvalue weighted by molar-refractivity contribution is -0.138. The summed E-state index contributed by atoms with van der Waals surface area (Å²) in [5.74, 6) is -1.07. The van der Waals surface area contributed by atoms with Crippen molar-refractivity contribution in [2.45, 2.75) is 19.0 Å². The summed E-state index contributed by atoms with van der Waals surface area (Å²) >= 11 is 9.51. The van der Waals surface area contributed by atoms with E-state index in [-0.39, 0.29) is 17.9 Å². The molecular weight excluding hydrogens is 382 g/mol. The van der Waals surface area contributed by atoms with Gasteiger partial charge >= 0.3 is 5.97 Å². The predicted molar refractivity (Wildman–Crippen MR) is 84.3 cm³/mol. The first kappa shape index (κ1) is 16.7. The van der Waals surface area contributed by atoms with E-state index < -0.39 is 21.8 Å². The highest BCUT2D eigenvalue weighted by Crippen LogP contribution is 2.25. The Morgan fingerprint density at radius 1 is 1.48 bits per heavy atom. The number of benzene rings is 1. The Bertz CT molecular complexity index is 650. The van der Waals surface area contributed by atoms with E-state index in [1.165, 1.54) is 0 Å². The summed E-state index contributed by atoms with van der Waals surface area (Å²) in [6.45, 7) is 0.759. The third-order valence-corrected chi connectivity index (χ3v) is 6.00. The second kappa shape index (κ2) is 6.64. The van der Waals surface area contributed by atoms with E-state index in [9.17, 15) is 13.2 Å². The smallest absolute Gasteiger partial charge is 0.304 e. The normalized spacial score (nSPS) is 22.1. The van der Waals surface area contributed by atoms with Gasteiger partial charge in [-0.1, -0.05) is 27.5 Å². The first-order chi connectivity index (χ1) is 9.77. The second-order valence-electron chi connectivity index (χ2n) is 5.07. The van der Waals surface area contributed by atoms with Gasteiger partial charge in [-0.2, -0.15) is 0 Å². The molecule has 0 aromatic heterocycles. The molecule has 1 aliphatic rings. The van der Waals surface area contributed by atoms with Gasteiger partial charge in [-0.25, -0.2) is 8.42 Å². The quantitative estimate of drug-likeness (QED) is 0.844. The van der Waals surface area contributed by atoms with E-state index in [1.807, 2.05) is 17.0 Å². The highest BCUT2D eigenvalue weighted by atomic mass is 79.9. The number of halogens is 2. The maximum atomic E-state index is 11.7. The molecule has 0 amide bonds. The Labute approximate surface area is 136 Å². The van der Waals surface area contributed by atoms with Gasteiger partial charge in [0.05, 0.1) is 17.9 Å². The number of sulfone groups is 1. The summed E-state index contributed by atoms with van der Waals surface area (Å²) in [6, 6.07) is 4.93. The lowest BCUT2D eigenvalue weighted by Crippen LogP contribution is -2.48. The van der Waals surface area contributed by atoms with Crippen molar-refractivity contribution in [2.24, 2.45) is 0 Å². The Morgan fingerprint density at radius 2 is 2.19 bits per heavy atom. The van der Waals surface area contributed by atoms with Gasteiger partial charge in [0.1, 0.15) is 0 Å². The molecule has 1 fully saturated rings. The van der Waals surface area contributed by atoms with Crippen LogP contribution in [0.25, 0.3) is 0 Å². The zero-order chi connectivity index (χ0) is 15.6. The minimum absolute atomic E-state index is 0.0503. The molecule has 0 bridgehead atoms. The van der Waals surface area contributed by atoms with Crippen molar-refractivity contribution in [3.05, 3.63) is 33.3 Å². The molecule has 1 N–H and O–H groups in total. The molecule has 2 rings (SSSR count). The summed E-state index contributed by atoms with van der Waals surface area (Å²) < 4.78 is 24.3. The number of carboxylic acids is 1. The van der Waals surface area contributed by atoms with Crippen LogP contribution in [0.3, 0.4) is 0 Å². The molecule has 0 saturated carbocycles. The largest absolute Gasteiger partial charge is 0.481 e. The first-order valence-electron chi connectivity index (χ1n) is 6.37. The van der Waals surface area contributed by atoms with E-state index in [2.05, 4.69) is 15.9 Å². The molecule has 116 valence electrons. The number of carboxylic acid groups (broad SMARTS) is 1. The molecule has 1 aromatic carbocycles. The number of carbonyl (C=O) groups is 1. The zero-order valence-corrected chi connectivity index (χ0v) is 14.3. The van der Waals surface area contributed by atoms with Crippen molar-refractivity contribution in [3.8, 4) is 0 Å². The van der Waals surface area contributed by atoms with E-state index in [4.69, 9.17) is 16.7 Å². The van der Waals surface area contributed by atoms with Crippen LogP contribution in [0, 0.1) is 0 Å². The van der Waals surface area contributed by atoms with Crippen LogP contribution in [0.15, 0.2) is 22.7 Å². The maximum Gasteiger partial charge on any atom is 0.304 e. The number of aliphatic carboxylic acids is 1. The van der Waals surface area contributed by atoms with Crippen molar-refractivity contribution < 1.29 is 18.3 Å². The fourth-order valence-corrected chi connectivity index (χ4v) is 4.58. The van der Waals surface area contributed by atoms with Gasteiger partial charge in [-0.05, 0) is 23.8 Å². The lowest BCUT2D eigenvalue weighted by Gasteiger charge is -2.34. The molecule has 0 spiro atoms. The highest BCUT2D eigenvalue weighted by Gasteiger charge is 2.32. The predicted octanol–water partition coefficient (Wildman–Crippen LogP) is 2.18. The van der Waals surface area contributed by atoms with Gasteiger partial charge in [0, 0.05) is 28.6 Å². The molecule has 0 aliphatic carbocycles. The summed E-state index contributed by atoms with van der Waals surface area (Å²) in [5.41, 5.74) is 0.848. The number of hydrogen-bond acceptors (Lipinski definition) is 4. The molecular formula is C13H15BrClNO4S. The summed E-state index contributed by atoms with van der Waals surface area (Å²) in [6.07, 6.45) is -0.190. The molecule has 8 heteroatoms. The summed E-state index contributed by atoms with van der Waals surface area (Å²) in [7, 11) is -3.17. The van der Waals surface area contributed by atoms with Gasteiger partial charge in [0.15, 0.2) is 9.84 Å². The molecule has 21 heavy (non-hydrogen) atoms.